The lowest BCUT2D eigenvalue weighted by molar-refractivity contribution is 0.0571. The van der Waals surface area contributed by atoms with E-state index in [9.17, 15) is 9.90 Å². The molecule has 3 heteroatoms. The Balaban J connectivity index is 2.33. The normalized spacial score (nSPS) is 15.2. The maximum Gasteiger partial charge on any atom is 0.169 e. The maximum absolute atomic E-state index is 12.8. The van der Waals surface area contributed by atoms with E-state index in [0.717, 1.165) is 9.99 Å². The van der Waals surface area contributed by atoms with Gasteiger partial charge in [0, 0.05) is 9.99 Å². The molecule has 2 aromatic carbocycles. The zero-order chi connectivity index (χ0) is 15.2. The number of ketones is 1. The Bertz CT molecular complexity index is 568. The number of aliphatic hydroxyl groups is 1. The molecule has 110 valence electrons. The molecule has 2 rings (SSSR count). The SMILES string of the molecule is C[C@@H](CI)[C@H](C(=O)c1ccccc1)[C@H](O)c1ccccc1. The first-order valence-electron chi connectivity index (χ1n) is 7.03. The predicted octanol–water partition coefficient (Wildman–Crippen LogP) is 4.29. The third-order valence-electron chi connectivity index (χ3n) is 3.70. The van der Waals surface area contributed by atoms with Gasteiger partial charge in [-0.15, -0.1) is 0 Å². The van der Waals surface area contributed by atoms with Gasteiger partial charge in [0.1, 0.15) is 0 Å². The monoisotopic (exact) mass is 394 g/mol. The number of carbonyl (C=O) groups is 1. The van der Waals surface area contributed by atoms with Crippen LogP contribution in [0.3, 0.4) is 0 Å². The second-order valence-corrected chi connectivity index (χ2v) is 6.12. The molecular weight excluding hydrogens is 375 g/mol. The Labute approximate surface area is 139 Å². The molecule has 0 aliphatic rings. The van der Waals surface area contributed by atoms with E-state index in [1.165, 1.54) is 0 Å². The van der Waals surface area contributed by atoms with Crippen LogP contribution in [0.4, 0.5) is 0 Å². The minimum Gasteiger partial charge on any atom is -0.388 e. The van der Waals surface area contributed by atoms with Crippen molar-refractivity contribution in [1.82, 2.24) is 0 Å². The summed E-state index contributed by atoms with van der Waals surface area (Å²) in [6, 6.07) is 18.6. The Hall–Kier alpha value is -1.20. The van der Waals surface area contributed by atoms with E-state index in [2.05, 4.69) is 22.6 Å². The Morgan fingerprint density at radius 3 is 2.10 bits per heavy atom. The first kappa shape index (κ1) is 16.2. The fourth-order valence-corrected chi connectivity index (χ4v) is 3.01. The van der Waals surface area contributed by atoms with Gasteiger partial charge in [-0.3, -0.25) is 4.79 Å². The van der Waals surface area contributed by atoms with Gasteiger partial charge in [-0.2, -0.15) is 0 Å². The van der Waals surface area contributed by atoms with Gasteiger partial charge in [-0.25, -0.2) is 0 Å². The summed E-state index contributed by atoms with van der Waals surface area (Å²) in [6.45, 7) is 2.02. The maximum atomic E-state index is 12.8. The van der Waals surface area contributed by atoms with Crippen LogP contribution in [0, 0.1) is 11.8 Å². The number of hydrogen-bond donors (Lipinski definition) is 1. The molecule has 0 aromatic heterocycles. The first-order valence-corrected chi connectivity index (χ1v) is 8.56. The number of Topliss-reactive ketones (excluding diaryl/α,β-unsaturated/α-hetero) is 1. The molecule has 0 heterocycles. The first-order chi connectivity index (χ1) is 10.1. The number of rotatable bonds is 6. The highest BCUT2D eigenvalue weighted by Crippen LogP contribution is 2.32. The van der Waals surface area contributed by atoms with Crippen LogP contribution < -0.4 is 0 Å². The number of alkyl halides is 1. The van der Waals surface area contributed by atoms with Crippen LogP contribution in [0.25, 0.3) is 0 Å². The van der Waals surface area contributed by atoms with Crippen molar-refractivity contribution in [3.8, 4) is 0 Å². The van der Waals surface area contributed by atoms with Crippen LogP contribution in [0.2, 0.25) is 0 Å². The van der Waals surface area contributed by atoms with Crippen LogP contribution in [0.5, 0.6) is 0 Å². The molecular formula is C18H19IO2. The Kier molecular flexibility index (Phi) is 5.94. The van der Waals surface area contributed by atoms with Gasteiger partial charge in [0.15, 0.2) is 5.78 Å². The summed E-state index contributed by atoms with van der Waals surface area (Å²) in [4.78, 5) is 12.8. The molecule has 0 fully saturated rings. The summed E-state index contributed by atoms with van der Waals surface area (Å²) >= 11 is 2.27. The van der Waals surface area contributed by atoms with Crippen molar-refractivity contribution < 1.29 is 9.90 Å². The minimum atomic E-state index is -0.774. The topological polar surface area (TPSA) is 37.3 Å². The zero-order valence-electron chi connectivity index (χ0n) is 11.9. The number of carbonyl (C=O) groups excluding carboxylic acids is 1. The molecule has 0 bridgehead atoms. The molecule has 2 aromatic rings. The predicted molar refractivity (Wildman–Crippen MR) is 93.7 cm³/mol. The molecule has 0 amide bonds. The Morgan fingerprint density at radius 1 is 1.05 bits per heavy atom. The van der Waals surface area contributed by atoms with Crippen LogP contribution in [0.15, 0.2) is 60.7 Å². The summed E-state index contributed by atoms with van der Waals surface area (Å²) in [6.07, 6.45) is -0.774. The van der Waals surface area contributed by atoms with Crippen LogP contribution in [-0.4, -0.2) is 15.3 Å². The molecule has 0 aliphatic heterocycles. The average Bonchev–Trinajstić information content (AvgIpc) is 2.56. The largest absolute Gasteiger partial charge is 0.388 e. The van der Waals surface area contributed by atoms with E-state index in [1.807, 2.05) is 67.6 Å². The highest BCUT2D eigenvalue weighted by Gasteiger charge is 2.32. The van der Waals surface area contributed by atoms with Crippen molar-refractivity contribution in [2.75, 3.05) is 4.43 Å². The third-order valence-corrected chi connectivity index (χ3v) is 5.09. The number of halogens is 1. The molecule has 0 unspecified atom stereocenters. The van der Waals surface area contributed by atoms with Crippen LogP contribution in [0.1, 0.15) is 28.9 Å². The fraction of sp³-hybridized carbons (Fsp3) is 0.278. The van der Waals surface area contributed by atoms with Gasteiger partial charge in [0.2, 0.25) is 0 Å². The summed E-state index contributed by atoms with van der Waals surface area (Å²) in [5, 5.41) is 10.7. The van der Waals surface area contributed by atoms with Crippen LogP contribution >= 0.6 is 22.6 Å². The molecule has 0 saturated heterocycles. The summed E-state index contributed by atoms with van der Waals surface area (Å²) in [7, 11) is 0. The molecule has 1 N–H and O–H groups in total. The lowest BCUT2D eigenvalue weighted by Gasteiger charge is -2.27. The molecule has 3 atom stereocenters. The molecule has 0 aliphatic carbocycles. The second kappa shape index (κ2) is 7.71. The number of hydrogen-bond acceptors (Lipinski definition) is 2. The van der Waals surface area contributed by atoms with Crippen molar-refractivity contribution >= 4 is 28.4 Å². The lowest BCUT2D eigenvalue weighted by Crippen LogP contribution is -2.29. The number of benzene rings is 2. The quantitative estimate of drug-likeness (QED) is 0.451. The standard InChI is InChI=1S/C18H19IO2/c1-13(12-19)16(17(20)14-8-4-2-5-9-14)18(21)15-10-6-3-7-11-15/h2-11,13,16-17,20H,12H2,1H3/t13-,16-,17+/m0/s1. The van der Waals surface area contributed by atoms with Crippen molar-refractivity contribution in [3.05, 3.63) is 71.8 Å². The van der Waals surface area contributed by atoms with E-state index in [4.69, 9.17) is 0 Å². The number of aliphatic hydroxyl groups excluding tert-OH is 1. The highest BCUT2D eigenvalue weighted by atomic mass is 127. The second-order valence-electron chi connectivity index (χ2n) is 5.24. The van der Waals surface area contributed by atoms with Gasteiger partial charge >= 0.3 is 0 Å². The molecule has 21 heavy (non-hydrogen) atoms. The fourth-order valence-electron chi connectivity index (χ4n) is 2.46. The molecule has 0 radical (unpaired) electrons. The molecule has 2 nitrogen and oxygen atoms in total. The van der Waals surface area contributed by atoms with Gasteiger partial charge in [-0.1, -0.05) is 90.2 Å². The summed E-state index contributed by atoms with van der Waals surface area (Å²) in [5.74, 6) is -0.309. The molecule has 0 spiro atoms. The van der Waals surface area contributed by atoms with E-state index in [1.54, 1.807) is 0 Å². The van der Waals surface area contributed by atoms with Crippen molar-refractivity contribution in [2.24, 2.45) is 11.8 Å². The Morgan fingerprint density at radius 2 is 1.57 bits per heavy atom. The van der Waals surface area contributed by atoms with E-state index < -0.39 is 12.0 Å². The zero-order valence-corrected chi connectivity index (χ0v) is 14.1. The summed E-state index contributed by atoms with van der Waals surface area (Å²) < 4.78 is 0.824. The average molecular weight is 394 g/mol. The minimum absolute atomic E-state index is 0.0103. The van der Waals surface area contributed by atoms with Gasteiger partial charge in [-0.05, 0) is 11.5 Å². The van der Waals surface area contributed by atoms with Crippen LogP contribution in [-0.2, 0) is 0 Å². The smallest absolute Gasteiger partial charge is 0.169 e. The van der Waals surface area contributed by atoms with E-state index >= 15 is 0 Å². The van der Waals surface area contributed by atoms with Gasteiger partial charge < -0.3 is 5.11 Å². The highest BCUT2D eigenvalue weighted by molar-refractivity contribution is 14.1. The van der Waals surface area contributed by atoms with Crippen molar-refractivity contribution in [2.45, 2.75) is 13.0 Å². The van der Waals surface area contributed by atoms with Gasteiger partial charge in [0.05, 0.1) is 12.0 Å². The third kappa shape index (κ3) is 3.92. The van der Waals surface area contributed by atoms with Gasteiger partial charge in [0.25, 0.3) is 0 Å². The lowest BCUT2D eigenvalue weighted by atomic mass is 9.81. The van der Waals surface area contributed by atoms with E-state index in [0.29, 0.717) is 5.56 Å². The summed E-state index contributed by atoms with van der Waals surface area (Å²) in [5.41, 5.74) is 1.46. The van der Waals surface area contributed by atoms with Crippen molar-refractivity contribution in [3.63, 3.8) is 0 Å². The van der Waals surface area contributed by atoms with Crippen molar-refractivity contribution in [1.29, 1.82) is 0 Å². The van der Waals surface area contributed by atoms with E-state index in [-0.39, 0.29) is 11.7 Å². The molecule has 0 saturated carbocycles.